The van der Waals surface area contributed by atoms with E-state index >= 15 is 0 Å². The van der Waals surface area contributed by atoms with Crippen LogP contribution in [0, 0.1) is 6.42 Å². The Morgan fingerprint density at radius 1 is 0.828 bits per heavy atom. The number of benzene rings is 1. The average molecular weight is 493 g/mol. The molecule has 7 heteroatoms. The van der Waals surface area contributed by atoms with Crippen LogP contribution in [-0.4, -0.2) is 22.3 Å². The zero-order chi connectivity index (χ0) is 19.4. The molecule has 0 fully saturated rings. The number of methoxy groups -OCH3 is 2. The minimum absolute atomic E-state index is 0. The number of hydrogen-bond acceptors (Lipinski definition) is 3. The van der Waals surface area contributed by atoms with Gasteiger partial charge in [0.2, 0.25) is 0 Å². The first-order chi connectivity index (χ1) is 12.6. The molecular formula is C22H34Cl2O3SiTi. The van der Waals surface area contributed by atoms with Crippen molar-refractivity contribution in [3.63, 3.8) is 0 Å². The Kier molecular flexibility index (Phi) is 21.1. The van der Waals surface area contributed by atoms with Gasteiger partial charge in [-0.05, 0) is 29.9 Å². The quantitative estimate of drug-likeness (QED) is 0.438. The smallest absolute Gasteiger partial charge is 1.00 e. The van der Waals surface area contributed by atoms with E-state index in [0.29, 0.717) is 11.5 Å². The summed E-state index contributed by atoms with van der Waals surface area (Å²) >= 11 is 0. The van der Waals surface area contributed by atoms with Crippen molar-refractivity contribution in [2.45, 2.75) is 57.8 Å². The average Bonchev–Trinajstić information content (AvgIpc) is 3.26. The number of hydrogen-bond donors (Lipinski definition) is 0. The monoisotopic (exact) mass is 492 g/mol. The van der Waals surface area contributed by atoms with E-state index in [1.54, 1.807) is 0 Å². The molecule has 29 heavy (non-hydrogen) atoms. The van der Waals surface area contributed by atoms with E-state index in [1.807, 2.05) is 42.9 Å². The molecule has 1 aliphatic carbocycles. The first-order valence-electron chi connectivity index (χ1n) is 9.64. The molecule has 3 nitrogen and oxygen atoms in total. The van der Waals surface area contributed by atoms with Gasteiger partial charge in [0, 0.05) is 6.42 Å². The third-order valence-electron chi connectivity index (χ3n) is 5.50. The van der Waals surface area contributed by atoms with Gasteiger partial charge >= 0.3 is 21.7 Å². The van der Waals surface area contributed by atoms with E-state index in [2.05, 4.69) is 20.8 Å². The molecular weight excluding hydrogens is 459 g/mol. The SMILES string of the molecule is CC[Si](CC)(CC)CCCc1cc(OC)c([O-])c(OC)c1.[CH]1C=CC=C1.[Cl-].[Cl-].[Ti+3]. The van der Waals surface area contributed by atoms with E-state index in [1.165, 1.54) is 44.8 Å². The summed E-state index contributed by atoms with van der Waals surface area (Å²) in [5.74, 6) is 0.604. The van der Waals surface area contributed by atoms with Gasteiger partial charge in [-0.25, -0.2) is 0 Å². The molecule has 1 aliphatic rings. The first kappa shape index (κ1) is 33.3. The van der Waals surface area contributed by atoms with E-state index < -0.39 is 8.07 Å². The minimum atomic E-state index is -1.05. The molecule has 0 N–H and O–H groups in total. The van der Waals surface area contributed by atoms with Gasteiger partial charge in [-0.3, -0.25) is 0 Å². The Balaban J connectivity index is -0.000000737. The Morgan fingerprint density at radius 2 is 1.28 bits per heavy atom. The fourth-order valence-corrected chi connectivity index (χ4v) is 6.83. The second-order valence-corrected chi connectivity index (χ2v) is 12.3. The van der Waals surface area contributed by atoms with Gasteiger partial charge in [-0.1, -0.05) is 75.7 Å². The molecule has 162 valence electrons. The maximum Gasteiger partial charge on any atom is 3.00 e. The van der Waals surface area contributed by atoms with Crippen molar-refractivity contribution in [2.75, 3.05) is 14.2 Å². The Labute approximate surface area is 206 Å². The summed E-state index contributed by atoms with van der Waals surface area (Å²) in [6.07, 6.45) is 12.2. The summed E-state index contributed by atoms with van der Waals surface area (Å²) in [6.45, 7) is 7.03. The maximum absolute atomic E-state index is 11.9. The third kappa shape index (κ3) is 11.0. The van der Waals surface area contributed by atoms with Gasteiger partial charge in [-0.15, -0.1) is 0 Å². The summed E-state index contributed by atoms with van der Waals surface area (Å²) in [4.78, 5) is 0. The summed E-state index contributed by atoms with van der Waals surface area (Å²) in [6, 6.07) is 9.18. The molecule has 2 radical (unpaired) electrons. The number of ether oxygens (including phenoxy) is 2. The van der Waals surface area contributed by atoms with E-state index in [9.17, 15) is 5.11 Å². The molecule has 0 aliphatic heterocycles. The number of rotatable bonds is 9. The molecule has 0 saturated heterocycles. The van der Waals surface area contributed by atoms with Gasteiger partial charge in [0.1, 0.15) is 11.5 Å². The molecule has 0 unspecified atom stereocenters. The van der Waals surface area contributed by atoms with Crippen LogP contribution in [-0.2, 0) is 28.1 Å². The minimum Gasteiger partial charge on any atom is -1.00 e. The Hall–Kier alpha value is -0.389. The molecule has 2 rings (SSSR count). The fraction of sp³-hybridized carbons (Fsp3) is 0.500. The van der Waals surface area contributed by atoms with Crippen LogP contribution in [0.3, 0.4) is 0 Å². The summed E-state index contributed by atoms with van der Waals surface area (Å²) < 4.78 is 10.3. The van der Waals surface area contributed by atoms with Crippen molar-refractivity contribution < 1.29 is 61.1 Å². The van der Waals surface area contributed by atoms with Gasteiger partial charge in [0.15, 0.2) is 0 Å². The molecule has 0 spiro atoms. The van der Waals surface area contributed by atoms with Crippen molar-refractivity contribution >= 4 is 8.07 Å². The van der Waals surface area contributed by atoms with Gasteiger partial charge in [0.25, 0.3) is 0 Å². The van der Waals surface area contributed by atoms with Crippen LogP contribution in [0.2, 0.25) is 24.2 Å². The maximum atomic E-state index is 11.9. The second kappa shape index (κ2) is 18.4. The van der Waals surface area contributed by atoms with Crippen molar-refractivity contribution in [1.82, 2.24) is 0 Å². The van der Waals surface area contributed by atoms with Gasteiger partial charge in [0.05, 0.1) is 22.3 Å². The second-order valence-electron chi connectivity index (χ2n) is 6.71. The van der Waals surface area contributed by atoms with Crippen LogP contribution >= 0.6 is 0 Å². The van der Waals surface area contributed by atoms with Crippen molar-refractivity contribution in [2.24, 2.45) is 0 Å². The Morgan fingerprint density at radius 3 is 1.59 bits per heavy atom. The summed E-state index contributed by atoms with van der Waals surface area (Å²) in [5.41, 5.74) is 1.13. The van der Waals surface area contributed by atoms with Crippen LogP contribution in [0.15, 0.2) is 36.4 Å². The summed E-state index contributed by atoms with van der Waals surface area (Å²) in [5, 5.41) is 11.9. The van der Waals surface area contributed by atoms with Crippen molar-refractivity contribution in [3.05, 3.63) is 48.4 Å². The van der Waals surface area contributed by atoms with Crippen LogP contribution < -0.4 is 39.4 Å². The largest absolute Gasteiger partial charge is 3.00 e. The first-order valence-corrected chi connectivity index (χ1v) is 12.5. The molecule has 0 saturated carbocycles. The van der Waals surface area contributed by atoms with E-state index in [4.69, 9.17) is 9.47 Å². The Bertz CT molecular complexity index is 562. The van der Waals surface area contributed by atoms with E-state index in [-0.39, 0.29) is 52.3 Å². The molecule has 0 bridgehead atoms. The zero-order valence-electron chi connectivity index (χ0n) is 18.3. The predicted molar refractivity (Wildman–Crippen MR) is 112 cm³/mol. The molecule has 0 amide bonds. The molecule has 0 heterocycles. The van der Waals surface area contributed by atoms with Crippen molar-refractivity contribution in [1.29, 1.82) is 0 Å². The van der Waals surface area contributed by atoms with Crippen LogP contribution in [0.1, 0.15) is 32.8 Å². The fourth-order valence-electron chi connectivity index (χ4n) is 3.35. The van der Waals surface area contributed by atoms with Gasteiger partial charge in [-0.2, -0.15) is 0 Å². The molecule has 0 aromatic heterocycles. The van der Waals surface area contributed by atoms with Crippen LogP contribution in [0.25, 0.3) is 0 Å². The third-order valence-corrected chi connectivity index (χ3v) is 11.4. The summed E-state index contributed by atoms with van der Waals surface area (Å²) in [7, 11) is 2.01. The topological polar surface area (TPSA) is 41.5 Å². The van der Waals surface area contributed by atoms with Crippen LogP contribution in [0.5, 0.6) is 17.2 Å². The normalized spacial score (nSPS) is 11.3. The van der Waals surface area contributed by atoms with Gasteiger partial charge < -0.3 is 39.4 Å². The predicted octanol–water partition coefficient (Wildman–Crippen LogP) is -0.459. The van der Waals surface area contributed by atoms with Crippen LogP contribution in [0.4, 0.5) is 0 Å². The molecule has 1 aromatic rings. The van der Waals surface area contributed by atoms with E-state index in [0.717, 1.165) is 12.0 Å². The van der Waals surface area contributed by atoms with Crippen molar-refractivity contribution in [3.8, 4) is 17.2 Å². The standard InChI is InChI=1S/C17H30O3Si.C5H5.2ClH.Ti/c1-6-21(7-2,8-3)11-9-10-14-12-15(19-4)17(18)16(13-14)20-5;1-2-4-5-3-1;;;/h12-13,18H,6-11H2,1-5H3;1-5H;2*1H;/q;;;;+3/p-3. The molecule has 0 atom stereocenters. The number of allylic oxidation sites excluding steroid dienone is 4. The number of halogens is 2. The zero-order valence-corrected chi connectivity index (χ0v) is 22.3. The number of aryl methyl sites for hydroxylation is 1. The molecule has 1 aromatic carbocycles.